The van der Waals surface area contributed by atoms with Crippen molar-refractivity contribution in [3.63, 3.8) is 0 Å². The zero-order chi connectivity index (χ0) is 21.0. The van der Waals surface area contributed by atoms with Gasteiger partial charge in [-0.15, -0.1) is 0 Å². The third kappa shape index (κ3) is 5.17. The van der Waals surface area contributed by atoms with E-state index in [4.69, 9.17) is 4.74 Å². The SMILES string of the molecule is CCOC(=O)Cn1c(=NC(=O)Cc2ccc(C(C)C)cc2)sc2cc(F)ccc21. The van der Waals surface area contributed by atoms with E-state index < -0.39 is 5.97 Å². The molecule has 29 heavy (non-hydrogen) atoms. The van der Waals surface area contributed by atoms with Crippen molar-refractivity contribution >= 4 is 33.4 Å². The van der Waals surface area contributed by atoms with Crippen molar-refractivity contribution in [3.8, 4) is 0 Å². The monoisotopic (exact) mass is 414 g/mol. The lowest BCUT2D eigenvalue weighted by Gasteiger charge is -2.06. The number of fused-ring (bicyclic) bond motifs is 1. The molecule has 0 atom stereocenters. The molecule has 0 aliphatic carbocycles. The van der Waals surface area contributed by atoms with E-state index in [1.807, 2.05) is 24.3 Å². The van der Waals surface area contributed by atoms with Crippen LogP contribution in [0, 0.1) is 5.82 Å². The van der Waals surface area contributed by atoms with Gasteiger partial charge in [-0.3, -0.25) is 9.59 Å². The third-order valence-corrected chi connectivity index (χ3v) is 5.50. The second kappa shape index (κ2) is 9.13. The maximum absolute atomic E-state index is 13.6. The second-order valence-electron chi connectivity index (χ2n) is 6.97. The lowest BCUT2D eigenvalue weighted by molar-refractivity contribution is -0.143. The Kier molecular flexibility index (Phi) is 6.59. The minimum atomic E-state index is -0.435. The fourth-order valence-corrected chi connectivity index (χ4v) is 4.03. The number of hydrogen-bond donors (Lipinski definition) is 0. The Balaban J connectivity index is 1.92. The lowest BCUT2D eigenvalue weighted by atomic mass is 10.0. The predicted molar refractivity (Wildman–Crippen MR) is 111 cm³/mol. The van der Waals surface area contributed by atoms with Gasteiger partial charge >= 0.3 is 5.97 Å². The number of carbonyl (C=O) groups is 2. The van der Waals surface area contributed by atoms with Gasteiger partial charge in [0.2, 0.25) is 0 Å². The third-order valence-electron chi connectivity index (χ3n) is 4.46. The van der Waals surface area contributed by atoms with Gasteiger partial charge in [0.15, 0.2) is 4.80 Å². The van der Waals surface area contributed by atoms with E-state index in [0.717, 1.165) is 5.56 Å². The van der Waals surface area contributed by atoms with Gasteiger partial charge < -0.3 is 9.30 Å². The molecular weight excluding hydrogens is 391 g/mol. The van der Waals surface area contributed by atoms with Crippen LogP contribution in [0.25, 0.3) is 10.2 Å². The van der Waals surface area contributed by atoms with Crippen LogP contribution in [-0.2, 0) is 27.3 Å². The van der Waals surface area contributed by atoms with Crippen LogP contribution in [0.2, 0.25) is 0 Å². The van der Waals surface area contributed by atoms with Crippen molar-refractivity contribution < 1.29 is 18.7 Å². The van der Waals surface area contributed by atoms with Crippen molar-refractivity contribution in [3.05, 3.63) is 64.2 Å². The number of thiazole rings is 1. The summed E-state index contributed by atoms with van der Waals surface area (Å²) in [6.07, 6.45) is 0.153. The van der Waals surface area contributed by atoms with Gasteiger partial charge in [-0.1, -0.05) is 49.4 Å². The molecule has 152 valence electrons. The molecule has 5 nitrogen and oxygen atoms in total. The highest BCUT2D eigenvalue weighted by Crippen LogP contribution is 2.19. The first kappa shape index (κ1) is 20.9. The standard InChI is InChI=1S/C22H23FN2O3S/c1-4-28-21(27)13-25-18-10-9-17(23)12-19(18)29-22(25)24-20(26)11-15-5-7-16(8-6-15)14(2)3/h5-10,12,14H,4,11,13H2,1-3H3. The van der Waals surface area contributed by atoms with Crippen molar-refractivity contribution in [2.24, 2.45) is 4.99 Å². The largest absolute Gasteiger partial charge is 0.465 e. The van der Waals surface area contributed by atoms with Gasteiger partial charge in [-0.05, 0) is 42.2 Å². The molecule has 0 unspecified atom stereocenters. The van der Waals surface area contributed by atoms with Gasteiger partial charge in [-0.2, -0.15) is 4.99 Å². The molecule has 3 rings (SSSR count). The van der Waals surface area contributed by atoms with Gasteiger partial charge in [0.25, 0.3) is 5.91 Å². The number of nitrogens with zero attached hydrogens (tertiary/aromatic N) is 2. The number of rotatable bonds is 6. The molecule has 3 aromatic rings. The van der Waals surface area contributed by atoms with E-state index in [1.54, 1.807) is 17.6 Å². The zero-order valence-electron chi connectivity index (χ0n) is 16.6. The van der Waals surface area contributed by atoms with Crippen LogP contribution in [0.3, 0.4) is 0 Å². The quantitative estimate of drug-likeness (QED) is 0.568. The molecule has 0 radical (unpaired) electrons. The average Bonchev–Trinajstić information content (AvgIpc) is 2.98. The summed E-state index contributed by atoms with van der Waals surface area (Å²) in [6, 6.07) is 12.1. The molecule has 1 aromatic heterocycles. The molecule has 0 aliphatic heterocycles. The number of aromatic nitrogens is 1. The maximum Gasteiger partial charge on any atom is 0.326 e. The van der Waals surface area contributed by atoms with Crippen LogP contribution in [-0.4, -0.2) is 23.1 Å². The van der Waals surface area contributed by atoms with Crippen LogP contribution < -0.4 is 4.80 Å². The Morgan fingerprint density at radius 3 is 2.55 bits per heavy atom. The normalized spacial score (nSPS) is 12.0. The summed E-state index contributed by atoms with van der Waals surface area (Å²) in [5, 5.41) is 0. The fourth-order valence-electron chi connectivity index (χ4n) is 2.96. The van der Waals surface area contributed by atoms with E-state index in [2.05, 4.69) is 18.8 Å². The maximum atomic E-state index is 13.6. The lowest BCUT2D eigenvalue weighted by Crippen LogP contribution is -2.23. The molecule has 7 heteroatoms. The molecule has 0 spiro atoms. The molecular formula is C22H23FN2O3S. The van der Waals surface area contributed by atoms with Crippen molar-refractivity contribution in [2.45, 2.75) is 39.7 Å². The van der Waals surface area contributed by atoms with E-state index in [0.29, 0.717) is 20.9 Å². The molecule has 0 aliphatic rings. The molecule has 0 fully saturated rings. The summed E-state index contributed by atoms with van der Waals surface area (Å²) < 4.78 is 20.8. The fraction of sp³-hybridized carbons (Fsp3) is 0.318. The highest BCUT2D eigenvalue weighted by molar-refractivity contribution is 7.16. The van der Waals surface area contributed by atoms with Gasteiger partial charge in [0, 0.05) is 0 Å². The summed E-state index contributed by atoms with van der Waals surface area (Å²) >= 11 is 1.17. The van der Waals surface area contributed by atoms with Crippen LogP contribution in [0.4, 0.5) is 4.39 Å². The Hall–Kier alpha value is -2.80. The first-order valence-electron chi connectivity index (χ1n) is 9.48. The van der Waals surface area contributed by atoms with Crippen LogP contribution >= 0.6 is 11.3 Å². The van der Waals surface area contributed by atoms with Crippen molar-refractivity contribution in [2.75, 3.05) is 6.61 Å². The van der Waals surface area contributed by atoms with Gasteiger partial charge in [0.05, 0.1) is 23.2 Å². The van der Waals surface area contributed by atoms with Crippen LogP contribution in [0.15, 0.2) is 47.5 Å². The van der Waals surface area contributed by atoms with Crippen molar-refractivity contribution in [1.29, 1.82) is 0 Å². The van der Waals surface area contributed by atoms with E-state index in [-0.39, 0.29) is 31.3 Å². The summed E-state index contributed by atoms with van der Waals surface area (Å²) in [5.74, 6) is -0.725. The zero-order valence-corrected chi connectivity index (χ0v) is 17.5. The number of hydrogen-bond acceptors (Lipinski definition) is 4. The van der Waals surface area contributed by atoms with Crippen molar-refractivity contribution in [1.82, 2.24) is 4.57 Å². The van der Waals surface area contributed by atoms with E-state index in [1.165, 1.54) is 29.0 Å². The number of halogens is 1. The minimum Gasteiger partial charge on any atom is -0.465 e. The van der Waals surface area contributed by atoms with Crippen LogP contribution in [0.5, 0.6) is 0 Å². The Labute approximate surface area is 172 Å². The second-order valence-corrected chi connectivity index (χ2v) is 7.98. The summed E-state index contributed by atoms with van der Waals surface area (Å²) in [5.41, 5.74) is 2.71. The van der Waals surface area contributed by atoms with E-state index in [9.17, 15) is 14.0 Å². The van der Waals surface area contributed by atoms with Crippen LogP contribution in [0.1, 0.15) is 37.8 Å². The first-order chi connectivity index (χ1) is 13.9. The minimum absolute atomic E-state index is 0.0886. The molecule has 0 bridgehead atoms. The number of ether oxygens (including phenoxy) is 1. The molecule has 2 aromatic carbocycles. The summed E-state index contributed by atoms with van der Waals surface area (Å²) in [6.45, 7) is 6.12. The van der Waals surface area contributed by atoms with Gasteiger partial charge in [0.1, 0.15) is 12.4 Å². The molecule has 0 saturated carbocycles. The molecule has 0 saturated heterocycles. The smallest absolute Gasteiger partial charge is 0.326 e. The molecule has 1 amide bonds. The Bertz CT molecular complexity index is 1100. The average molecular weight is 415 g/mol. The highest BCUT2D eigenvalue weighted by atomic mass is 32.1. The topological polar surface area (TPSA) is 60.7 Å². The summed E-state index contributed by atoms with van der Waals surface area (Å²) in [4.78, 5) is 29.1. The summed E-state index contributed by atoms with van der Waals surface area (Å²) in [7, 11) is 0. The molecule has 0 N–H and O–H groups in total. The Morgan fingerprint density at radius 1 is 1.17 bits per heavy atom. The number of carbonyl (C=O) groups excluding carboxylic acids is 2. The highest BCUT2D eigenvalue weighted by Gasteiger charge is 2.13. The predicted octanol–water partition coefficient (Wildman–Crippen LogP) is 4.20. The van der Waals surface area contributed by atoms with Gasteiger partial charge in [-0.25, -0.2) is 4.39 Å². The van der Waals surface area contributed by atoms with E-state index >= 15 is 0 Å². The number of benzene rings is 2. The number of amides is 1. The Morgan fingerprint density at radius 2 is 1.90 bits per heavy atom. The number of esters is 1. The first-order valence-corrected chi connectivity index (χ1v) is 10.3. The molecule has 1 heterocycles.